The minimum Gasteiger partial charge on any atom is -0.381 e. The van der Waals surface area contributed by atoms with Crippen molar-refractivity contribution in [2.75, 3.05) is 5.32 Å². The highest BCUT2D eigenvalue weighted by Gasteiger charge is 1.98. The Bertz CT molecular complexity index is 506. The predicted octanol–water partition coefficient (Wildman–Crippen LogP) is 3.42. The maximum atomic E-state index is 10.7. The smallest absolute Gasteiger partial charge is 0.150 e. The van der Waals surface area contributed by atoms with Crippen LogP contribution in [0.2, 0.25) is 0 Å². The van der Waals surface area contributed by atoms with Gasteiger partial charge < -0.3 is 5.32 Å². The molecule has 86 valence electrons. The molecule has 2 heteroatoms. The number of carbonyl (C=O) groups is 1. The van der Waals surface area contributed by atoms with E-state index in [2.05, 4.69) is 17.4 Å². The third kappa shape index (κ3) is 2.94. The first-order valence-corrected chi connectivity index (χ1v) is 5.63. The van der Waals surface area contributed by atoms with E-state index in [1.807, 2.05) is 43.3 Å². The summed E-state index contributed by atoms with van der Waals surface area (Å²) in [6, 6.07) is 16.0. The van der Waals surface area contributed by atoms with E-state index in [0.29, 0.717) is 0 Å². The van der Waals surface area contributed by atoms with Gasteiger partial charge in [-0.3, -0.25) is 4.79 Å². The minimum atomic E-state index is 0.746. The van der Waals surface area contributed by atoms with Gasteiger partial charge in [-0.2, -0.15) is 0 Å². The third-order valence-electron chi connectivity index (χ3n) is 2.74. The number of hydrogen-bond acceptors (Lipinski definition) is 2. The number of carbonyl (C=O) groups excluding carboxylic acids is 1. The van der Waals surface area contributed by atoms with Crippen molar-refractivity contribution in [3.05, 3.63) is 65.2 Å². The Morgan fingerprint density at radius 1 is 1.12 bits per heavy atom. The molecule has 0 aliphatic heterocycles. The SMILES string of the molecule is Cc1cc(NCc2ccccc2)ccc1C=O. The average molecular weight is 225 g/mol. The fourth-order valence-corrected chi connectivity index (χ4v) is 1.72. The summed E-state index contributed by atoms with van der Waals surface area (Å²) in [6.07, 6.45) is 0.885. The van der Waals surface area contributed by atoms with Gasteiger partial charge >= 0.3 is 0 Å². The number of aldehydes is 1. The van der Waals surface area contributed by atoms with Crippen LogP contribution in [0.4, 0.5) is 5.69 Å². The number of hydrogen-bond donors (Lipinski definition) is 1. The van der Waals surface area contributed by atoms with Crippen LogP contribution in [-0.4, -0.2) is 6.29 Å². The Balaban J connectivity index is 2.05. The van der Waals surface area contributed by atoms with E-state index < -0.39 is 0 Å². The Morgan fingerprint density at radius 3 is 2.53 bits per heavy atom. The average Bonchev–Trinajstić information content (AvgIpc) is 2.38. The maximum absolute atomic E-state index is 10.7. The fourth-order valence-electron chi connectivity index (χ4n) is 1.72. The molecular weight excluding hydrogens is 210 g/mol. The summed E-state index contributed by atoms with van der Waals surface area (Å²) >= 11 is 0. The van der Waals surface area contributed by atoms with Gasteiger partial charge in [-0.15, -0.1) is 0 Å². The van der Waals surface area contributed by atoms with Crippen molar-refractivity contribution in [2.45, 2.75) is 13.5 Å². The Labute approximate surface area is 101 Å². The topological polar surface area (TPSA) is 29.1 Å². The van der Waals surface area contributed by atoms with E-state index in [0.717, 1.165) is 29.6 Å². The van der Waals surface area contributed by atoms with Crippen molar-refractivity contribution < 1.29 is 4.79 Å². The van der Waals surface area contributed by atoms with Crippen LogP contribution in [0.5, 0.6) is 0 Å². The lowest BCUT2D eigenvalue weighted by molar-refractivity contribution is 0.112. The Morgan fingerprint density at radius 2 is 1.88 bits per heavy atom. The van der Waals surface area contributed by atoms with Gasteiger partial charge in [0.1, 0.15) is 6.29 Å². The lowest BCUT2D eigenvalue weighted by Gasteiger charge is -2.08. The molecule has 2 nitrogen and oxygen atoms in total. The number of rotatable bonds is 4. The largest absolute Gasteiger partial charge is 0.381 e. The second-order valence-electron chi connectivity index (χ2n) is 4.03. The summed E-state index contributed by atoms with van der Waals surface area (Å²) in [4.78, 5) is 10.7. The molecule has 0 bridgehead atoms. The zero-order valence-corrected chi connectivity index (χ0v) is 9.81. The van der Waals surface area contributed by atoms with Gasteiger partial charge in [0.25, 0.3) is 0 Å². The van der Waals surface area contributed by atoms with Gasteiger partial charge in [-0.05, 0) is 36.2 Å². The highest BCUT2D eigenvalue weighted by atomic mass is 16.1. The summed E-state index contributed by atoms with van der Waals surface area (Å²) in [5, 5.41) is 3.34. The van der Waals surface area contributed by atoms with Crippen LogP contribution in [0, 0.1) is 6.92 Å². The number of nitrogens with one attached hydrogen (secondary N) is 1. The monoisotopic (exact) mass is 225 g/mol. The van der Waals surface area contributed by atoms with E-state index in [-0.39, 0.29) is 0 Å². The zero-order chi connectivity index (χ0) is 12.1. The maximum Gasteiger partial charge on any atom is 0.150 e. The van der Waals surface area contributed by atoms with Gasteiger partial charge in [-0.25, -0.2) is 0 Å². The first-order valence-electron chi connectivity index (χ1n) is 5.63. The Hall–Kier alpha value is -2.09. The zero-order valence-electron chi connectivity index (χ0n) is 9.81. The molecule has 0 heterocycles. The first-order chi connectivity index (χ1) is 8.29. The standard InChI is InChI=1S/C15H15NO/c1-12-9-15(8-7-14(12)11-17)16-10-13-5-3-2-4-6-13/h2-9,11,16H,10H2,1H3. The van der Waals surface area contributed by atoms with Gasteiger partial charge in [-0.1, -0.05) is 30.3 Å². The first kappa shape index (κ1) is 11.4. The molecule has 0 saturated heterocycles. The van der Waals surface area contributed by atoms with Crippen molar-refractivity contribution in [1.29, 1.82) is 0 Å². The van der Waals surface area contributed by atoms with Crippen LogP contribution in [0.25, 0.3) is 0 Å². The highest BCUT2D eigenvalue weighted by Crippen LogP contribution is 2.14. The number of aryl methyl sites for hydroxylation is 1. The molecule has 0 atom stereocenters. The second-order valence-corrected chi connectivity index (χ2v) is 4.03. The van der Waals surface area contributed by atoms with Gasteiger partial charge in [0.05, 0.1) is 0 Å². The van der Waals surface area contributed by atoms with Crippen molar-refractivity contribution in [3.8, 4) is 0 Å². The van der Waals surface area contributed by atoms with Gasteiger partial charge in [0, 0.05) is 17.8 Å². The van der Waals surface area contributed by atoms with Crippen molar-refractivity contribution in [3.63, 3.8) is 0 Å². The summed E-state index contributed by atoms with van der Waals surface area (Å²) in [6.45, 7) is 2.73. The molecule has 2 aromatic rings. The number of anilines is 1. The minimum absolute atomic E-state index is 0.746. The third-order valence-corrected chi connectivity index (χ3v) is 2.74. The van der Waals surface area contributed by atoms with Crippen molar-refractivity contribution >= 4 is 12.0 Å². The second kappa shape index (κ2) is 5.30. The Kier molecular flexibility index (Phi) is 3.55. The van der Waals surface area contributed by atoms with E-state index >= 15 is 0 Å². The summed E-state index contributed by atoms with van der Waals surface area (Å²) < 4.78 is 0. The summed E-state index contributed by atoms with van der Waals surface area (Å²) in [5.41, 5.74) is 4.02. The van der Waals surface area contributed by atoms with Crippen molar-refractivity contribution in [1.82, 2.24) is 0 Å². The van der Waals surface area contributed by atoms with Crippen LogP contribution in [0.1, 0.15) is 21.5 Å². The van der Waals surface area contributed by atoms with Gasteiger partial charge in [0.15, 0.2) is 0 Å². The van der Waals surface area contributed by atoms with E-state index in [1.165, 1.54) is 5.56 Å². The molecule has 2 aromatic carbocycles. The van der Waals surface area contributed by atoms with E-state index in [1.54, 1.807) is 0 Å². The molecule has 0 amide bonds. The predicted molar refractivity (Wildman–Crippen MR) is 70.3 cm³/mol. The van der Waals surface area contributed by atoms with Crippen molar-refractivity contribution in [2.24, 2.45) is 0 Å². The molecule has 0 radical (unpaired) electrons. The van der Waals surface area contributed by atoms with Crippen LogP contribution in [0.3, 0.4) is 0 Å². The quantitative estimate of drug-likeness (QED) is 0.808. The normalized spacial score (nSPS) is 9.94. The molecule has 0 aromatic heterocycles. The van der Waals surface area contributed by atoms with Crippen LogP contribution < -0.4 is 5.32 Å². The van der Waals surface area contributed by atoms with E-state index in [4.69, 9.17) is 0 Å². The lowest BCUT2D eigenvalue weighted by atomic mass is 10.1. The molecular formula is C15H15NO. The fraction of sp³-hybridized carbons (Fsp3) is 0.133. The van der Waals surface area contributed by atoms with Crippen LogP contribution in [-0.2, 0) is 6.54 Å². The molecule has 0 fully saturated rings. The molecule has 17 heavy (non-hydrogen) atoms. The molecule has 1 N–H and O–H groups in total. The molecule has 0 aliphatic carbocycles. The van der Waals surface area contributed by atoms with E-state index in [9.17, 15) is 4.79 Å². The summed E-state index contributed by atoms with van der Waals surface area (Å²) in [7, 11) is 0. The highest BCUT2D eigenvalue weighted by molar-refractivity contribution is 5.78. The van der Waals surface area contributed by atoms with Gasteiger partial charge in [0.2, 0.25) is 0 Å². The van der Waals surface area contributed by atoms with Crippen LogP contribution in [0.15, 0.2) is 48.5 Å². The lowest BCUT2D eigenvalue weighted by Crippen LogP contribution is -2.00. The molecule has 0 aliphatic rings. The summed E-state index contributed by atoms with van der Waals surface area (Å²) in [5.74, 6) is 0. The molecule has 2 rings (SSSR count). The molecule has 0 unspecified atom stereocenters. The van der Waals surface area contributed by atoms with Crippen LogP contribution >= 0.6 is 0 Å². The number of benzene rings is 2. The molecule has 0 spiro atoms. The molecule has 0 saturated carbocycles.